The van der Waals surface area contributed by atoms with Gasteiger partial charge in [-0.05, 0) is 68.7 Å². The van der Waals surface area contributed by atoms with Gasteiger partial charge in [0.1, 0.15) is 5.75 Å². The third-order valence-electron chi connectivity index (χ3n) is 4.14. The van der Waals surface area contributed by atoms with Crippen molar-refractivity contribution in [1.29, 1.82) is 0 Å². The molecular weight excluding hydrogens is 331 g/mol. The summed E-state index contributed by atoms with van der Waals surface area (Å²) < 4.78 is 40.3. The quantitative estimate of drug-likeness (QED) is 0.830. The zero-order valence-corrected chi connectivity index (χ0v) is 14.5. The predicted octanol–water partition coefficient (Wildman–Crippen LogP) is 5.12. The second kappa shape index (κ2) is 6.78. The summed E-state index contributed by atoms with van der Waals surface area (Å²) in [6, 6.07) is 10.9. The SMILES string of the molecule is Cc1ccc(C(C)(C)C(=O)Nc2ccc(OC(F)(F)F)cc2)cc1C. The first-order chi connectivity index (χ1) is 11.5. The molecule has 0 aromatic heterocycles. The number of amides is 1. The number of benzene rings is 2. The minimum absolute atomic E-state index is 0.250. The summed E-state index contributed by atoms with van der Waals surface area (Å²) in [5.41, 5.74) is 2.70. The van der Waals surface area contributed by atoms with Crippen LogP contribution in [0.3, 0.4) is 0 Å². The summed E-state index contributed by atoms with van der Waals surface area (Å²) in [7, 11) is 0. The van der Waals surface area contributed by atoms with Gasteiger partial charge in [-0.2, -0.15) is 0 Å². The molecule has 0 radical (unpaired) electrons. The maximum Gasteiger partial charge on any atom is 0.573 e. The Morgan fingerprint density at radius 1 is 0.960 bits per heavy atom. The third kappa shape index (κ3) is 4.75. The number of aryl methyl sites for hydroxylation is 2. The summed E-state index contributed by atoms with van der Waals surface area (Å²) in [5, 5.41) is 2.73. The number of carbonyl (C=O) groups is 1. The lowest BCUT2D eigenvalue weighted by molar-refractivity contribution is -0.274. The number of alkyl halides is 3. The van der Waals surface area contributed by atoms with Gasteiger partial charge in [-0.25, -0.2) is 0 Å². The molecule has 2 aromatic rings. The fourth-order valence-corrected chi connectivity index (χ4v) is 2.29. The molecule has 0 aliphatic carbocycles. The van der Waals surface area contributed by atoms with Gasteiger partial charge in [0.05, 0.1) is 5.41 Å². The highest BCUT2D eigenvalue weighted by Crippen LogP contribution is 2.28. The molecule has 134 valence electrons. The van der Waals surface area contributed by atoms with Gasteiger partial charge >= 0.3 is 6.36 Å². The van der Waals surface area contributed by atoms with Crippen LogP contribution in [0, 0.1) is 13.8 Å². The van der Waals surface area contributed by atoms with Crippen LogP contribution in [0.4, 0.5) is 18.9 Å². The zero-order chi connectivity index (χ0) is 18.8. The first kappa shape index (κ1) is 18.8. The lowest BCUT2D eigenvalue weighted by atomic mass is 9.82. The highest BCUT2D eigenvalue weighted by molar-refractivity contribution is 5.98. The Morgan fingerprint density at radius 2 is 1.56 bits per heavy atom. The molecule has 1 amide bonds. The molecule has 25 heavy (non-hydrogen) atoms. The molecule has 0 unspecified atom stereocenters. The Hall–Kier alpha value is -2.50. The standard InChI is InChI=1S/C19H20F3NO2/c1-12-5-6-14(11-13(12)2)18(3,4)17(24)23-15-7-9-16(10-8-15)25-19(20,21)22/h5-11H,1-4H3,(H,23,24). The van der Waals surface area contributed by atoms with Crippen molar-refractivity contribution in [2.75, 3.05) is 5.32 Å². The van der Waals surface area contributed by atoms with Crippen molar-refractivity contribution in [1.82, 2.24) is 0 Å². The van der Waals surface area contributed by atoms with Gasteiger partial charge < -0.3 is 10.1 Å². The van der Waals surface area contributed by atoms with E-state index in [2.05, 4.69) is 10.1 Å². The molecular formula is C19H20F3NO2. The van der Waals surface area contributed by atoms with Gasteiger partial charge in [0.25, 0.3) is 0 Å². The van der Waals surface area contributed by atoms with E-state index < -0.39 is 11.8 Å². The molecule has 2 aromatic carbocycles. The third-order valence-corrected chi connectivity index (χ3v) is 4.14. The Balaban J connectivity index is 2.13. The van der Waals surface area contributed by atoms with Gasteiger partial charge in [-0.3, -0.25) is 4.79 Å². The van der Waals surface area contributed by atoms with Crippen LogP contribution in [0.1, 0.15) is 30.5 Å². The fourth-order valence-electron chi connectivity index (χ4n) is 2.29. The van der Waals surface area contributed by atoms with Gasteiger partial charge in [-0.15, -0.1) is 13.2 Å². The summed E-state index contributed by atoms with van der Waals surface area (Å²) in [5.74, 6) is -0.584. The number of nitrogens with one attached hydrogen (secondary N) is 1. The first-order valence-electron chi connectivity index (χ1n) is 7.74. The number of hydrogen-bond donors (Lipinski definition) is 1. The number of carbonyl (C=O) groups excluding carboxylic acids is 1. The van der Waals surface area contributed by atoms with E-state index in [1.165, 1.54) is 12.1 Å². The average Bonchev–Trinajstić information content (AvgIpc) is 2.50. The second-order valence-corrected chi connectivity index (χ2v) is 6.45. The van der Waals surface area contributed by atoms with Gasteiger partial charge in [0.15, 0.2) is 0 Å². The largest absolute Gasteiger partial charge is 0.573 e. The molecule has 0 spiro atoms. The second-order valence-electron chi connectivity index (χ2n) is 6.45. The molecule has 3 nitrogen and oxygen atoms in total. The average molecular weight is 351 g/mol. The van der Waals surface area contributed by atoms with Gasteiger partial charge in [-0.1, -0.05) is 18.2 Å². The van der Waals surface area contributed by atoms with Crippen molar-refractivity contribution in [3.8, 4) is 5.75 Å². The number of rotatable bonds is 4. The summed E-state index contributed by atoms with van der Waals surface area (Å²) in [6.07, 6.45) is -4.74. The minimum Gasteiger partial charge on any atom is -0.406 e. The monoisotopic (exact) mass is 351 g/mol. The molecule has 0 fully saturated rings. The molecule has 0 bridgehead atoms. The van der Waals surface area contributed by atoms with Crippen LogP contribution in [0.15, 0.2) is 42.5 Å². The van der Waals surface area contributed by atoms with E-state index in [4.69, 9.17) is 0 Å². The van der Waals surface area contributed by atoms with Crippen LogP contribution in [0.25, 0.3) is 0 Å². The van der Waals surface area contributed by atoms with Crippen LogP contribution in [0.2, 0.25) is 0 Å². The van der Waals surface area contributed by atoms with Crippen molar-refractivity contribution in [2.24, 2.45) is 0 Å². The Kier molecular flexibility index (Phi) is 5.11. The molecule has 0 aliphatic heterocycles. The van der Waals surface area contributed by atoms with Crippen molar-refractivity contribution < 1.29 is 22.7 Å². The Morgan fingerprint density at radius 3 is 2.08 bits per heavy atom. The van der Waals surface area contributed by atoms with Gasteiger partial charge in [0, 0.05) is 5.69 Å². The summed E-state index contributed by atoms with van der Waals surface area (Å²) >= 11 is 0. The highest BCUT2D eigenvalue weighted by atomic mass is 19.4. The predicted molar refractivity (Wildman–Crippen MR) is 90.7 cm³/mol. The molecule has 0 aliphatic rings. The number of halogens is 3. The Bertz CT molecular complexity index is 765. The summed E-state index contributed by atoms with van der Waals surface area (Å²) in [4.78, 5) is 12.6. The molecule has 6 heteroatoms. The number of hydrogen-bond acceptors (Lipinski definition) is 2. The molecule has 0 atom stereocenters. The van der Waals surface area contributed by atoms with Crippen LogP contribution in [-0.4, -0.2) is 12.3 Å². The van der Waals surface area contributed by atoms with Gasteiger partial charge in [0.2, 0.25) is 5.91 Å². The van der Waals surface area contributed by atoms with Crippen LogP contribution in [-0.2, 0) is 10.2 Å². The van der Waals surface area contributed by atoms with Crippen molar-refractivity contribution in [3.05, 3.63) is 59.2 Å². The lowest BCUT2D eigenvalue weighted by Gasteiger charge is -2.25. The summed E-state index contributed by atoms with van der Waals surface area (Å²) in [6.45, 7) is 7.57. The van der Waals surface area contributed by atoms with E-state index in [0.717, 1.165) is 28.8 Å². The van der Waals surface area contributed by atoms with Crippen LogP contribution >= 0.6 is 0 Å². The normalized spacial score (nSPS) is 12.0. The van der Waals surface area contributed by atoms with Crippen molar-refractivity contribution in [3.63, 3.8) is 0 Å². The van der Waals surface area contributed by atoms with E-state index in [0.29, 0.717) is 5.69 Å². The zero-order valence-electron chi connectivity index (χ0n) is 14.5. The van der Waals surface area contributed by atoms with Crippen LogP contribution in [0.5, 0.6) is 5.75 Å². The number of ether oxygens (including phenoxy) is 1. The van der Waals surface area contributed by atoms with E-state index >= 15 is 0 Å². The number of anilines is 1. The van der Waals surface area contributed by atoms with E-state index in [9.17, 15) is 18.0 Å². The van der Waals surface area contributed by atoms with Crippen molar-refractivity contribution in [2.45, 2.75) is 39.5 Å². The van der Waals surface area contributed by atoms with E-state index in [-0.39, 0.29) is 11.7 Å². The minimum atomic E-state index is -4.74. The maximum absolute atomic E-state index is 12.6. The molecule has 0 saturated carbocycles. The fraction of sp³-hybridized carbons (Fsp3) is 0.316. The molecule has 0 saturated heterocycles. The van der Waals surface area contributed by atoms with E-state index in [1.807, 2.05) is 32.0 Å². The Labute approximate surface area is 144 Å². The van der Waals surface area contributed by atoms with Crippen molar-refractivity contribution >= 4 is 11.6 Å². The highest BCUT2D eigenvalue weighted by Gasteiger charge is 2.32. The molecule has 2 rings (SSSR count). The smallest absolute Gasteiger partial charge is 0.406 e. The lowest BCUT2D eigenvalue weighted by Crippen LogP contribution is -2.34. The topological polar surface area (TPSA) is 38.3 Å². The maximum atomic E-state index is 12.6. The first-order valence-corrected chi connectivity index (χ1v) is 7.74. The van der Waals surface area contributed by atoms with E-state index in [1.54, 1.807) is 13.8 Å². The van der Waals surface area contributed by atoms with Crippen LogP contribution < -0.4 is 10.1 Å². The molecule has 0 heterocycles. The molecule has 1 N–H and O–H groups in total.